The number of aliphatic hydroxyl groups excluding tert-OH is 1. The van der Waals surface area contributed by atoms with E-state index in [1.807, 2.05) is 6.92 Å². The molecule has 1 rings (SSSR count). The van der Waals surface area contributed by atoms with Crippen LogP contribution in [0.1, 0.15) is 11.4 Å². The van der Waals surface area contributed by atoms with E-state index in [0.717, 1.165) is 15.9 Å². The molecular weight excluding hydrogens is 284 g/mol. The average molecular weight is 298 g/mol. The van der Waals surface area contributed by atoms with E-state index in [9.17, 15) is 8.78 Å². The Hall–Kier alpha value is -0.530. The molecule has 0 aromatic carbocycles. The third-order valence-electron chi connectivity index (χ3n) is 2.20. The van der Waals surface area contributed by atoms with Crippen LogP contribution in [0, 0.1) is 6.92 Å². The van der Waals surface area contributed by atoms with E-state index in [1.54, 1.807) is 11.7 Å². The van der Waals surface area contributed by atoms with Gasteiger partial charge in [-0.3, -0.25) is 4.68 Å². The lowest BCUT2D eigenvalue weighted by atomic mass is 10.3. The van der Waals surface area contributed by atoms with Crippen LogP contribution in [0.5, 0.6) is 0 Å². The predicted octanol–water partition coefficient (Wildman–Crippen LogP) is 1.21. The molecule has 0 spiro atoms. The molecule has 1 aromatic heterocycles. The fourth-order valence-corrected chi connectivity index (χ4v) is 1.78. The molecule has 0 saturated carbocycles. The summed E-state index contributed by atoms with van der Waals surface area (Å²) in [6.07, 6.45) is -4.35. The number of hydrogen-bond acceptors (Lipinski definition) is 3. The molecule has 1 unspecified atom stereocenters. The van der Waals surface area contributed by atoms with Gasteiger partial charge in [0, 0.05) is 20.1 Å². The summed E-state index contributed by atoms with van der Waals surface area (Å²) < 4.78 is 26.5. The molecule has 1 heterocycles. The van der Waals surface area contributed by atoms with Crippen molar-refractivity contribution in [3.05, 3.63) is 15.9 Å². The highest BCUT2D eigenvalue weighted by Gasteiger charge is 2.17. The van der Waals surface area contributed by atoms with E-state index < -0.39 is 12.5 Å². The SMILES string of the molecule is Cc1nn(C)c(CNCC(O)C(F)F)c1Br. The normalized spacial score (nSPS) is 13.4. The molecule has 0 aliphatic rings. The maximum Gasteiger partial charge on any atom is 0.265 e. The van der Waals surface area contributed by atoms with Crippen molar-refractivity contribution >= 4 is 15.9 Å². The van der Waals surface area contributed by atoms with Crippen molar-refractivity contribution in [2.75, 3.05) is 6.54 Å². The minimum absolute atomic E-state index is 0.145. The van der Waals surface area contributed by atoms with Gasteiger partial charge in [-0.05, 0) is 22.9 Å². The quantitative estimate of drug-likeness (QED) is 0.859. The zero-order chi connectivity index (χ0) is 12.3. The van der Waals surface area contributed by atoms with Gasteiger partial charge in [-0.15, -0.1) is 0 Å². The summed E-state index contributed by atoms with van der Waals surface area (Å²) in [6, 6.07) is 0. The van der Waals surface area contributed by atoms with Crippen molar-refractivity contribution in [2.45, 2.75) is 26.0 Å². The molecule has 1 atom stereocenters. The highest BCUT2D eigenvalue weighted by Crippen LogP contribution is 2.19. The molecule has 0 aliphatic carbocycles. The first kappa shape index (κ1) is 13.5. The molecule has 0 bridgehead atoms. The molecule has 0 radical (unpaired) electrons. The Kier molecular flexibility index (Phi) is 4.82. The highest BCUT2D eigenvalue weighted by atomic mass is 79.9. The third-order valence-corrected chi connectivity index (χ3v) is 3.23. The molecule has 0 fully saturated rings. The summed E-state index contributed by atoms with van der Waals surface area (Å²) in [5.41, 5.74) is 1.70. The van der Waals surface area contributed by atoms with Gasteiger partial charge in [0.2, 0.25) is 0 Å². The Morgan fingerprint density at radius 3 is 2.62 bits per heavy atom. The number of nitrogens with zero attached hydrogens (tertiary/aromatic N) is 2. The van der Waals surface area contributed by atoms with Gasteiger partial charge in [0.05, 0.1) is 15.9 Å². The van der Waals surface area contributed by atoms with Crippen LogP contribution in [0.4, 0.5) is 8.78 Å². The Bertz CT molecular complexity index is 357. The second-order valence-electron chi connectivity index (χ2n) is 3.50. The largest absolute Gasteiger partial charge is 0.386 e. The number of rotatable bonds is 5. The molecular formula is C9H14BrF2N3O. The lowest BCUT2D eigenvalue weighted by Gasteiger charge is -2.10. The summed E-state index contributed by atoms with van der Waals surface area (Å²) in [4.78, 5) is 0. The van der Waals surface area contributed by atoms with Gasteiger partial charge in [-0.25, -0.2) is 8.78 Å². The maximum atomic E-state index is 12.0. The Morgan fingerprint density at radius 1 is 1.56 bits per heavy atom. The topological polar surface area (TPSA) is 50.1 Å². The van der Waals surface area contributed by atoms with Crippen molar-refractivity contribution in [1.82, 2.24) is 15.1 Å². The van der Waals surface area contributed by atoms with Crippen LogP contribution in [-0.2, 0) is 13.6 Å². The minimum Gasteiger partial charge on any atom is -0.386 e. The Morgan fingerprint density at radius 2 is 2.19 bits per heavy atom. The van der Waals surface area contributed by atoms with Crippen molar-refractivity contribution in [2.24, 2.45) is 7.05 Å². The fraction of sp³-hybridized carbons (Fsp3) is 0.667. The number of alkyl halides is 2. The van der Waals surface area contributed by atoms with E-state index in [0.29, 0.717) is 6.54 Å². The molecule has 2 N–H and O–H groups in total. The summed E-state index contributed by atoms with van der Waals surface area (Å²) in [7, 11) is 1.78. The van der Waals surface area contributed by atoms with Gasteiger partial charge in [0.25, 0.3) is 6.43 Å². The third kappa shape index (κ3) is 3.23. The first-order valence-electron chi connectivity index (χ1n) is 4.78. The molecule has 92 valence electrons. The van der Waals surface area contributed by atoms with Crippen molar-refractivity contribution in [3.8, 4) is 0 Å². The van der Waals surface area contributed by atoms with Crippen LogP contribution < -0.4 is 5.32 Å². The van der Waals surface area contributed by atoms with Crippen LogP contribution >= 0.6 is 15.9 Å². The van der Waals surface area contributed by atoms with Crippen molar-refractivity contribution in [3.63, 3.8) is 0 Å². The van der Waals surface area contributed by atoms with E-state index >= 15 is 0 Å². The number of hydrogen-bond donors (Lipinski definition) is 2. The van der Waals surface area contributed by atoms with Gasteiger partial charge in [0.1, 0.15) is 6.10 Å². The van der Waals surface area contributed by atoms with Crippen LogP contribution in [-0.4, -0.2) is 34.0 Å². The van der Waals surface area contributed by atoms with E-state index in [4.69, 9.17) is 5.11 Å². The fourth-order valence-electron chi connectivity index (χ4n) is 1.30. The number of halogens is 3. The second kappa shape index (κ2) is 5.70. The second-order valence-corrected chi connectivity index (χ2v) is 4.30. The zero-order valence-electron chi connectivity index (χ0n) is 9.04. The maximum absolute atomic E-state index is 12.0. The molecule has 4 nitrogen and oxygen atoms in total. The van der Waals surface area contributed by atoms with E-state index in [2.05, 4.69) is 26.3 Å². The minimum atomic E-state index is -2.72. The molecule has 16 heavy (non-hydrogen) atoms. The van der Waals surface area contributed by atoms with Gasteiger partial charge in [0.15, 0.2) is 0 Å². The Balaban J connectivity index is 2.49. The van der Waals surface area contributed by atoms with Crippen molar-refractivity contribution < 1.29 is 13.9 Å². The summed E-state index contributed by atoms with van der Waals surface area (Å²) in [5, 5.41) is 15.8. The first-order valence-corrected chi connectivity index (χ1v) is 5.57. The molecule has 7 heteroatoms. The van der Waals surface area contributed by atoms with E-state index in [1.165, 1.54) is 0 Å². The van der Waals surface area contributed by atoms with Gasteiger partial charge >= 0.3 is 0 Å². The van der Waals surface area contributed by atoms with Crippen LogP contribution in [0.15, 0.2) is 4.47 Å². The molecule has 0 amide bonds. The molecule has 0 aliphatic heterocycles. The standard InChI is InChI=1S/C9H14BrF2N3O/c1-5-8(10)6(15(2)14-5)3-13-4-7(16)9(11)12/h7,9,13,16H,3-4H2,1-2H3. The molecule has 1 aromatic rings. The summed E-state index contributed by atoms with van der Waals surface area (Å²) >= 11 is 3.36. The van der Waals surface area contributed by atoms with Gasteiger partial charge < -0.3 is 10.4 Å². The number of aromatic nitrogens is 2. The van der Waals surface area contributed by atoms with Crippen molar-refractivity contribution in [1.29, 1.82) is 0 Å². The summed E-state index contributed by atoms with van der Waals surface area (Å²) in [6.45, 7) is 2.08. The highest BCUT2D eigenvalue weighted by molar-refractivity contribution is 9.10. The van der Waals surface area contributed by atoms with E-state index in [-0.39, 0.29) is 6.54 Å². The number of nitrogens with one attached hydrogen (secondary N) is 1. The Labute approximate surface area is 101 Å². The first-order chi connectivity index (χ1) is 7.43. The monoisotopic (exact) mass is 297 g/mol. The van der Waals surface area contributed by atoms with Crippen LogP contribution in [0.2, 0.25) is 0 Å². The smallest absolute Gasteiger partial charge is 0.265 e. The lowest BCUT2D eigenvalue weighted by Crippen LogP contribution is -2.32. The molecule has 0 saturated heterocycles. The predicted molar refractivity (Wildman–Crippen MR) is 59.4 cm³/mol. The number of aryl methyl sites for hydroxylation is 2. The summed E-state index contributed by atoms with van der Waals surface area (Å²) in [5.74, 6) is 0. The average Bonchev–Trinajstić information content (AvgIpc) is 2.44. The van der Waals surface area contributed by atoms with Gasteiger partial charge in [-0.1, -0.05) is 0 Å². The van der Waals surface area contributed by atoms with Crippen LogP contribution in [0.3, 0.4) is 0 Å². The number of aliphatic hydroxyl groups is 1. The van der Waals surface area contributed by atoms with Crippen LogP contribution in [0.25, 0.3) is 0 Å². The van der Waals surface area contributed by atoms with Gasteiger partial charge in [-0.2, -0.15) is 5.10 Å². The lowest BCUT2D eigenvalue weighted by molar-refractivity contribution is -0.00348. The zero-order valence-corrected chi connectivity index (χ0v) is 10.6.